The first-order chi connectivity index (χ1) is 7.09. The monoisotopic (exact) mass is 296 g/mol. The molecule has 16 heavy (non-hydrogen) atoms. The van der Waals surface area contributed by atoms with Crippen LogP contribution in [0.2, 0.25) is 0 Å². The van der Waals surface area contributed by atoms with Gasteiger partial charge in [-0.1, -0.05) is 15.9 Å². The lowest BCUT2D eigenvalue weighted by Gasteiger charge is -2.24. The minimum Gasteiger partial charge on any atom is -0.488 e. The SMILES string of the molecule is CC(C)(C)Oc1ccc(Br)cc1C(F)(F)F. The second-order valence-electron chi connectivity index (χ2n) is 4.35. The Balaban J connectivity index is 3.19. The Bertz CT molecular complexity index is 380. The van der Waals surface area contributed by atoms with E-state index < -0.39 is 17.3 Å². The van der Waals surface area contributed by atoms with E-state index in [1.807, 2.05) is 0 Å². The van der Waals surface area contributed by atoms with Crippen molar-refractivity contribution in [1.82, 2.24) is 0 Å². The van der Waals surface area contributed by atoms with E-state index in [0.717, 1.165) is 6.07 Å². The van der Waals surface area contributed by atoms with E-state index in [4.69, 9.17) is 4.74 Å². The molecule has 0 bridgehead atoms. The van der Waals surface area contributed by atoms with Crippen molar-refractivity contribution in [2.75, 3.05) is 0 Å². The van der Waals surface area contributed by atoms with Gasteiger partial charge in [0.15, 0.2) is 0 Å². The van der Waals surface area contributed by atoms with Crippen LogP contribution < -0.4 is 4.74 Å². The molecule has 0 aliphatic rings. The third kappa shape index (κ3) is 3.70. The molecule has 0 unspecified atom stereocenters. The molecule has 0 atom stereocenters. The van der Waals surface area contributed by atoms with E-state index in [-0.39, 0.29) is 5.75 Å². The van der Waals surface area contributed by atoms with Crippen molar-refractivity contribution in [3.63, 3.8) is 0 Å². The lowest BCUT2D eigenvalue weighted by molar-refractivity contribution is -0.139. The van der Waals surface area contributed by atoms with Crippen LogP contribution in [0.3, 0.4) is 0 Å². The van der Waals surface area contributed by atoms with Crippen LogP contribution in [0.5, 0.6) is 5.75 Å². The molecule has 0 aliphatic carbocycles. The fourth-order valence-corrected chi connectivity index (χ4v) is 1.50. The average molecular weight is 297 g/mol. The smallest absolute Gasteiger partial charge is 0.420 e. The second-order valence-corrected chi connectivity index (χ2v) is 5.27. The maximum atomic E-state index is 12.7. The molecule has 0 saturated carbocycles. The highest BCUT2D eigenvalue weighted by Gasteiger charge is 2.35. The van der Waals surface area contributed by atoms with Crippen LogP contribution in [0, 0.1) is 0 Å². The number of hydrogen-bond acceptors (Lipinski definition) is 1. The molecule has 0 aliphatic heterocycles. The highest BCUT2D eigenvalue weighted by Crippen LogP contribution is 2.38. The van der Waals surface area contributed by atoms with E-state index in [1.165, 1.54) is 12.1 Å². The number of ether oxygens (including phenoxy) is 1. The summed E-state index contributed by atoms with van der Waals surface area (Å²) in [6.07, 6.45) is -4.41. The van der Waals surface area contributed by atoms with Crippen molar-refractivity contribution in [2.45, 2.75) is 32.5 Å². The van der Waals surface area contributed by atoms with Gasteiger partial charge in [0.25, 0.3) is 0 Å². The summed E-state index contributed by atoms with van der Waals surface area (Å²) in [6, 6.07) is 3.86. The highest BCUT2D eigenvalue weighted by molar-refractivity contribution is 9.10. The normalized spacial score (nSPS) is 12.7. The fourth-order valence-electron chi connectivity index (χ4n) is 1.14. The molecular formula is C11H12BrF3O. The van der Waals surface area contributed by atoms with Gasteiger partial charge in [-0.2, -0.15) is 13.2 Å². The third-order valence-corrected chi connectivity index (χ3v) is 2.16. The molecule has 5 heteroatoms. The summed E-state index contributed by atoms with van der Waals surface area (Å²) in [5, 5.41) is 0. The Morgan fingerprint density at radius 3 is 2.12 bits per heavy atom. The first kappa shape index (κ1) is 13.4. The zero-order chi connectivity index (χ0) is 12.6. The van der Waals surface area contributed by atoms with Gasteiger partial charge >= 0.3 is 6.18 Å². The summed E-state index contributed by atoms with van der Waals surface area (Å²) in [5.74, 6) is -0.150. The molecule has 0 fully saturated rings. The summed E-state index contributed by atoms with van der Waals surface area (Å²) >= 11 is 3.01. The van der Waals surface area contributed by atoms with Gasteiger partial charge in [0, 0.05) is 4.47 Å². The molecule has 1 aromatic rings. The summed E-state index contributed by atoms with van der Waals surface area (Å²) in [7, 11) is 0. The molecular weight excluding hydrogens is 285 g/mol. The largest absolute Gasteiger partial charge is 0.488 e. The average Bonchev–Trinajstić information content (AvgIpc) is 2.04. The Morgan fingerprint density at radius 1 is 1.12 bits per heavy atom. The molecule has 0 aromatic heterocycles. The molecule has 0 saturated heterocycles. The standard InChI is InChI=1S/C11H12BrF3O/c1-10(2,3)16-9-5-4-7(12)6-8(9)11(13,14)15/h4-6H,1-3H3. The molecule has 0 N–H and O–H groups in total. The van der Waals surface area contributed by atoms with Gasteiger partial charge in [0.2, 0.25) is 0 Å². The lowest BCUT2D eigenvalue weighted by Crippen LogP contribution is -2.24. The van der Waals surface area contributed by atoms with Gasteiger partial charge in [-0.05, 0) is 39.0 Å². The van der Waals surface area contributed by atoms with Crippen molar-refractivity contribution in [3.05, 3.63) is 28.2 Å². The highest BCUT2D eigenvalue weighted by atomic mass is 79.9. The van der Waals surface area contributed by atoms with Gasteiger partial charge in [0.1, 0.15) is 11.4 Å². The fraction of sp³-hybridized carbons (Fsp3) is 0.455. The first-order valence-corrected chi connectivity index (χ1v) is 5.45. The molecule has 1 rings (SSSR count). The summed E-state index contributed by atoms with van der Waals surface area (Å²) in [4.78, 5) is 0. The van der Waals surface area contributed by atoms with Gasteiger partial charge in [-0.25, -0.2) is 0 Å². The van der Waals surface area contributed by atoms with E-state index >= 15 is 0 Å². The molecule has 90 valence electrons. The van der Waals surface area contributed by atoms with E-state index in [0.29, 0.717) is 4.47 Å². The maximum Gasteiger partial charge on any atom is 0.420 e. The van der Waals surface area contributed by atoms with Crippen LogP contribution in [-0.4, -0.2) is 5.60 Å². The van der Waals surface area contributed by atoms with E-state index in [1.54, 1.807) is 20.8 Å². The molecule has 0 spiro atoms. The topological polar surface area (TPSA) is 9.23 Å². The predicted octanol–water partition coefficient (Wildman–Crippen LogP) is 4.65. The zero-order valence-corrected chi connectivity index (χ0v) is 10.7. The molecule has 0 radical (unpaired) electrons. The molecule has 1 aromatic carbocycles. The molecule has 1 nitrogen and oxygen atoms in total. The van der Waals surface area contributed by atoms with Crippen molar-refractivity contribution in [3.8, 4) is 5.75 Å². The van der Waals surface area contributed by atoms with Crippen molar-refractivity contribution in [1.29, 1.82) is 0 Å². The van der Waals surface area contributed by atoms with Crippen LogP contribution in [0.1, 0.15) is 26.3 Å². The van der Waals surface area contributed by atoms with Crippen LogP contribution in [0.4, 0.5) is 13.2 Å². The number of halogens is 4. The quantitative estimate of drug-likeness (QED) is 0.733. The van der Waals surface area contributed by atoms with Crippen LogP contribution >= 0.6 is 15.9 Å². The van der Waals surface area contributed by atoms with E-state index in [2.05, 4.69) is 15.9 Å². The van der Waals surface area contributed by atoms with Crippen LogP contribution in [0.25, 0.3) is 0 Å². The Hall–Kier alpha value is -0.710. The van der Waals surface area contributed by atoms with Gasteiger partial charge in [0.05, 0.1) is 5.56 Å². The summed E-state index contributed by atoms with van der Waals surface area (Å²) in [5.41, 5.74) is -1.43. The first-order valence-electron chi connectivity index (χ1n) is 4.65. The van der Waals surface area contributed by atoms with E-state index in [9.17, 15) is 13.2 Å². The minimum atomic E-state index is -4.41. The summed E-state index contributed by atoms with van der Waals surface area (Å²) in [6.45, 7) is 5.11. The predicted molar refractivity (Wildman–Crippen MR) is 59.5 cm³/mol. The Morgan fingerprint density at radius 2 is 1.69 bits per heavy atom. The third-order valence-electron chi connectivity index (χ3n) is 1.66. The number of hydrogen-bond donors (Lipinski definition) is 0. The second kappa shape index (κ2) is 4.28. The van der Waals surface area contributed by atoms with Crippen molar-refractivity contribution in [2.24, 2.45) is 0 Å². The van der Waals surface area contributed by atoms with Crippen LogP contribution in [-0.2, 0) is 6.18 Å². The number of benzene rings is 1. The minimum absolute atomic E-state index is 0.150. The lowest BCUT2D eigenvalue weighted by atomic mass is 10.1. The number of rotatable bonds is 1. The van der Waals surface area contributed by atoms with Gasteiger partial charge in [-0.15, -0.1) is 0 Å². The summed E-state index contributed by atoms with van der Waals surface area (Å²) < 4.78 is 43.8. The molecule has 0 amide bonds. The molecule has 0 heterocycles. The van der Waals surface area contributed by atoms with Crippen molar-refractivity contribution < 1.29 is 17.9 Å². The Kier molecular flexibility index (Phi) is 3.57. The van der Waals surface area contributed by atoms with Gasteiger partial charge in [-0.3, -0.25) is 0 Å². The zero-order valence-electron chi connectivity index (χ0n) is 9.15. The van der Waals surface area contributed by atoms with Gasteiger partial charge < -0.3 is 4.74 Å². The number of alkyl halides is 3. The van der Waals surface area contributed by atoms with Crippen molar-refractivity contribution >= 4 is 15.9 Å². The maximum absolute atomic E-state index is 12.7. The Labute approximate surface area is 101 Å². The van der Waals surface area contributed by atoms with Crippen LogP contribution in [0.15, 0.2) is 22.7 Å².